The Labute approximate surface area is 86.6 Å². The Kier molecular flexibility index (Phi) is 2.41. The van der Waals surface area contributed by atoms with Gasteiger partial charge in [-0.3, -0.25) is 10.1 Å². The van der Waals surface area contributed by atoms with Gasteiger partial charge in [0.15, 0.2) is 4.77 Å². The number of nitrogens with zero attached hydrogens (tertiary/aromatic N) is 3. The molecular formula is C9H10N4S. The maximum atomic E-state index is 5.03. The Bertz CT molecular complexity index is 468. The second-order valence-corrected chi connectivity index (χ2v) is 3.48. The van der Waals surface area contributed by atoms with Crippen molar-refractivity contribution in [3.05, 3.63) is 40.7 Å². The molecule has 0 aromatic carbocycles. The lowest BCUT2D eigenvalue weighted by molar-refractivity contribution is 0.777. The van der Waals surface area contributed by atoms with E-state index in [1.165, 1.54) is 0 Å². The molecule has 0 aliphatic rings. The van der Waals surface area contributed by atoms with E-state index in [1.807, 2.05) is 29.8 Å². The highest BCUT2D eigenvalue weighted by molar-refractivity contribution is 7.71. The van der Waals surface area contributed by atoms with Crippen LogP contribution in [0.1, 0.15) is 11.3 Å². The molecule has 0 aliphatic heterocycles. The average molecular weight is 206 g/mol. The Morgan fingerprint density at radius 2 is 2.36 bits per heavy atom. The summed E-state index contributed by atoms with van der Waals surface area (Å²) in [5.74, 6) is 0. The molecule has 0 unspecified atom stereocenters. The molecule has 0 aliphatic carbocycles. The van der Waals surface area contributed by atoms with Crippen LogP contribution in [0.15, 0.2) is 24.7 Å². The van der Waals surface area contributed by atoms with Gasteiger partial charge < -0.3 is 4.57 Å². The Hall–Kier alpha value is -1.49. The van der Waals surface area contributed by atoms with Crippen LogP contribution in [0.25, 0.3) is 0 Å². The molecule has 2 aromatic heterocycles. The molecule has 0 fully saturated rings. The van der Waals surface area contributed by atoms with Gasteiger partial charge in [-0.05, 0) is 30.8 Å². The van der Waals surface area contributed by atoms with Crippen molar-refractivity contribution in [2.45, 2.75) is 13.5 Å². The first-order chi connectivity index (χ1) is 6.75. The number of hydrogen-bond donors (Lipinski definition) is 1. The van der Waals surface area contributed by atoms with Gasteiger partial charge in [0.25, 0.3) is 0 Å². The van der Waals surface area contributed by atoms with E-state index in [2.05, 4.69) is 15.2 Å². The first kappa shape index (κ1) is 9.08. The summed E-state index contributed by atoms with van der Waals surface area (Å²) in [5.41, 5.74) is 2.14. The van der Waals surface area contributed by atoms with Crippen LogP contribution in [0.4, 0.5) is 0 Å². The number of aromatic amines is 1. The summed E-state index contributed by atoms with van der Waals surface area (Å²) in [5, 5.41) is 6.56. The topological polar surface area (TPSA) is 46.5 Å². The van der Waals surface area contributed by atoms with Gasteiger partial charge in [0.05, 0.1) is 6.54 Å². The first-order valence-electron chi connectivity index (χ1n) is 4.27. The summed E-state index contributed by atoms with van der Waals surface area (Å²) in [4.78, 5) is 4.21. The van der Waals surface area contributed by atoms with Crippen LogP contribution in [0, 0.1) is 11.7 Å². The van der Waals surface area contributed by atoms with Crippen LogP contribution in [0.2, 0.25) is 0 Å². The van der Waals surface area contributed by atoms with E-state index in [-0.39, 0.29) is 0 Å². The molecule has 0 bridgehead atoms. The molecule has 2 heterocycles. The van der Waals surface area contributed by atoms with Crippen molar-refractivity contribution in [2.24, 2.45) is 0 Å². The molecule has 4 nitrogen and oxygen atoms in total. The highest BCUT2D eigenvalue weighted by Crippen LogP contribution is 2.02. The van der Waals surface area contributed by atoms with Crippen molar-refractivity contribution in [1.29, 1.82) is 0 Å². The van der Waals surface area contributed by atoms with E-state index < -0.39 is 0 Å². The zero-order chi connectivity index (χ0) is 9.97. The summed E-state index contributed by atoms with van der Waals surface area (Å²) < 4.78 is 2.49. The predicted octanol–water partition coefficient (Wildman–Crippen LogP) is 1.69. The number of aromatic nitrogens is 4. The predicted molar refractivity (Wildman–Crippen MR) is 55.5 cm³/mol. The molecule has 5 heteroatoms. The molecule has 0 spiro atoms. The average Bonchev–Trinajstić information content (AvgIpc) is 2.56. The van der Waals surface area contributed by atoms with E-state index in [1.54, 1.807) is 6.33 Å². The molecule has 0 radical (unpaired) electrons. The van der Waals surface area contributed by atoms with Crippen molar-refractivity contribution in [1.82, 2.24) is 19.7 Å². The van der Waals surface area contributed by atoms with Crippen molar-refractivity contribution < 1.29 is 0 Å². The number of rotatable bonds is 2. The maximum Gasteiger partial charge on any atom is 0.195 e. The third-order valence-electron chi connectivity index (χ3n) is 1.94. The van der Waals surface area contributed by atoms with Crippen molar-refractivity contribution >= 4 is 12.2 Å². The zero-order valence-corrected chi connectivity index (χ0v) is 8.58. The molecule has 72 valence electrons. The van der Waals surface area contributed by atoms with Crippen molar-refractivity contribution in [3.63, 3.8) is 0 Å². The number of hydrogen-bond acceptors (Lipinski definition) is 3. The van der Waals surface area contributed by atoms with Gasteiger partial charge >= 0.3 is 0 Å². The van der Waals surface area contributed by atoms with Gasteiger partial charge in [-0.15, -0.1) is 0 Å². The standard InChI is InChI=1S/C9H10N4S/c1-7-2-3-8(4-10-7)5-13-6-11-12-9(13)14/h2-4,6H,5H2,1H3,(H,12,14). The second-order valence-electron chi connectivity index (χ2n) is 3.10. The minimum absolute atomic E-state index is 0.630. The Morgan fingerprint density at radius 3 is 2.93 bits per heavy atom. The highest BCUT2D eigenvalue weighted by atomic mass is 32.1. The van der Waals surface area contributed by atoms with Gasteiger partial charge in [-0.2, -0.15) is 5.10 Å². The molecule has 0 amide bonds. The third kappa shape index (κ3) is 1.88. The van der Waals surface area contributed by atoms with Gasteiger partial charge in [-0.1, -0.05) is 6.07 Å². The quantitative estimate of drug-likeness (QED) is 0.761. The summed E-state index contributed by atoms with van der Waals surface area (Å²) in [7, 11) is 0. The van der Waals surface area contributed by atoms with Crippen LogP contribution in [0.5, 0.6) is 0 Å². The fraction of sp³-hybridized carbons (Fsp3) is 0.222. The zero-order valence-electron chi connectivity index (χ0n) is 7.77. The van der Waals surface area contributed by atoms with Gasteiger partial charge in [0.2, 0.25) is 0 Å². The number of nitrogens with one attached hydrogen (secondary N) is 1. The molecule has 0 saturated heterocycles. The lowest BCUT2D eigenvalue weighted by atomic mass is 10.2. The van der Waals surface area contributed by atoms with E-state index in [0.29, 0.717) is 11.3 Å². The summed E-state index contributed by atoms with van der Waals surface area (Å²) in [6.07, 6.45) is 3.53. The molecule has 1 N–H and O–H groups in total. The molecule has 2 rings (SSSR count). The van der Waals surface area contributed by atoms with Crippen LogP contribution < -0.4 is 0 Å². The number of H-pyrrole nitrogens is 1. The van der Waals surface area contributed by atoms with Crippen molar-refractivity contribution in [3.8, 4) is 0 Å². The minimum Gasteiger partial charge on any atom is -0.302 e. The molecule has 0 saturated carbocycles. The van der Waals surface area contributed by atoms with Gasteiger partial charge in [0, 0.05) is 11.9 Å². The van der Waals surface area contributed by atoms with Crippen molar-refractivity contribution in [2.75, 3.05) is 0 Å². The smallest absolute Gasteiger partial charge is 0.195 e. The fourth-order valence-electron chi connectivity index (χ4n) is 1.17. The first-order valence-corrected chi connectivity index (χ1v) is 4.68. The fourth-order valence-corrected chi connectivity index (χ4v) is 1.34. The summed E-state index contributed by atoms with van der Waals surface area (Å²) in [6, 6.07) is 4.02. The third-order valence-corrected chi connectivity index (χ3v) is 2.27. The second kappa shape index (κ2) is 3.71. The Morgan fingerprint density at radius 1 is 1.50 bits per heavy atom. The summed E-state index contributed by atoms with van der Waals surface area (Å²) in [6.45, 7) is 2.68. The van der Waals surface area contributed by atoms with E-state index >= 15 is 0 Å². The molecular weight excluding hydrogens is 196 g/mol. The van der Waals surface area contributed by atoms with Crippen LogP contribution in [-0.2, 0) is 6.54 Å². The monoisotopic (exact) mass is 206 g/mol. The minimum atomic E-state index is 0.630. The Balaban J connectivity index is 2.23. The lowest BCUT2D eigenvalue weighted by Crippen LogP contribution is -1.98. The van der Waals surface area contributed by atoms with Crippen LogP contribution in [0.3, 0.4) is 0 Å². The summed E-state index contributed by atoms with van der Waals surface area (Å²) >= 11 is 5.03. The van der Waals surface area contributed by atoms with E-state index in [4.69, 9.17) is 12.2 Å². The molecule has 14 heavy (non-hydrogen) atoms. The van der Waals surface area contributed by atoms with Crippen LogP contribution >= 0.6 is 12.2 Å². The normalized spacial score (nSPS) is 10.4. The number of pyridine rings is 1. The van der Waals surface area contributed by atoms with E-state index in [0.717, 1.165) is 11.3 Å². The SMILES string of the molecule is Cc1ccc(Cn2cn[nH]c2=S)cn1. The molecule has 2 aromatic rings. The highest BCUT2D eigenvalue weighted by Gasteiger charge is 1.96. The maximum absolute atomic E-state index is 5.03. The van der Waals surface area contributed by atoms with Gasteiger partial charge in [0.1, 0.15) is 6.33 Å². The lowest BCUT2D eigenvalue weighted by Gasteiger charge is -2.01. The molecule has 0 atom stereocenters. The van der Waals surface area contributed by atoms with E-state index in [9.17, 15) is 0 Å². The largest absolute Gasteiger partial charge is 0.302 e. The van der Waals surface area contributed by atoms with Crippen LogP contribution in [-0.4, -0.2) is 19.7 Å². The van der Waals surface area contributed by atoms with Gasteiger partial charge in [-0.25, -0.2) is 0 Å². The number of aryl methyl sites for hydroxylation is 1.